The molecule has 1 amide bonds. The van der Waals surface area contributed by atoms with Crippen LogP contribution in [0.25, 0.3) is 0 Å². The van der Waals surface area contributed by atoms with E-state index in [2.05, 4.69) is 15.6 Å². The average Bonchev–Trinajstić information content (AvgIpc) is 2.38. The molecule has 0 aromatic carbocycles. The minimum atomic E-state index is -0.0206. The van der Waals surface area contributed by atoms with Crippen molar-refractivity contribution in [2.24, 2.45) is 0 Å². The molecule has 0 saturated carbocycles. The number of piperidine rings is 1. The molecule has 2 heterocycles. The number of pyridine rings is 1. The van der Waals surface area contributed by atoms with E-state index in [1.54, 1.807) is 6.20 Å². The summed E-state index contributed by atoms with van der Waals surface area (Å²) in [5.41, 5.74) is 2.06. The van der Waals surface area contributed by atoms with Gasteiger partial charge in [-0.3, -0.25) is 9.78 Å². The van der Waals surface area contributed by atoms with Crippen LogP contribution in [0.1, 0.15) is 30.5 Å². The molecule has 1 aliphatic rings. The highest BCUT2D eigenvalue weighted by molar-refractivity contribution is 5.81. The molecule has 1 aromatic rings. The van der Waals surface area contributed by atoms with Crippen LogP contribution in [0.3, 0.4) is 0 Å². The standard InChI is InChI=1S/C13H19N3O/c1-10-5-4-8-15-12(10)9-16-13(17)11-6-2-3-7-14-11/h4-5,8,11,14H,2-3,6-7,9H2,1H3,(H,16,17)/t11-/m1/s1. The van der Waals surface area contributed by atoms with Gasteiger partial charge in [0.25, 0.3) is 0 Å². The minimum absolute atomic E-state index is 0.0206. The summed E-state index contributed by atoms with van der Waals surface area (Å²) in [5, 5.41) is 6.18. The van der Waals surface area contributed by atoms with Crippen LogP contribution in [0.15, 0.2) is 18.3 Å². The van der Waals surface area contributed by atoms with Crippen molar-refractivity contribution in [3.63, 3.8) is 0 Å². The third-order valence-electron chi connectivity index (χ3n) is 3.17. The second kappa shape index (κ2) is 5.77. The molecular weight excluding hydrogens is 214 g/mol. The van der Waals surface area contributed by atoms with Crippen molar-refractivity contribution < 1.29 is 4.79 Å². The minimum Gasteiger partial charge on any atom is -0.349 e. The first-order valence-electron chi connectivity index (χ1n) is 6.19. The summed E-state index contributed by atoms with van der Waals surface area (Å²) in [7, 11) is 0. The van der Waals surface area contributed by atoms with Gasteiger partial charge < -0.3 is 10.6 Å². The van der Waals surface area contributed by atoms with Crippen LogP contribution in [0.4, 0.5) is 0 Å². The van der Waals surface area contributed by atoms with Crippen LogP contribution < -0.4 is 10.6 Å². The van der Waals surface area contributed by atoms with Crippen LogP contribution >= 0.6 is 0 Å². The Hall–Kier alpha value is -1.42. The zero-order valence-corrected chi connectivity index (χ0v) is 10.2. The van der Waals surface area contributed by atoms with Gasteiger partial charge in [0.1, 0.15) is 0 Å². The van der Waals surface area contributed by atoms with Crippen molar-refractivity contribution in [2.45, 2.75) is 38.8 Å². The number of rotatable bonds is 3. The molecule has 0 spiro atoms. The molecule has 2 N–H and O–H groups in total. The van der Waals surface area contributed by atoms with Crippen LogP contribution in [-0.2, 0) is 11.3 Å². The molecule has 1 atom stereocenters. The van der Waals surface area contributed by atoms with Crippen LogP contribution in [-0.4, -0.2) is 23.5 Å². The molecule has 2 rings (SSSR count). The molecule has 1 aliphatic heterocycles. The van der Waals surface area contributed by atoms with E-state index in [1.807, 2.05) is 19.1 Å². The summed E-state index contributed by atoms with van der Waals surface area (Å²) in [5.74, 6) is 0.0924. The Morgan fingerprint density at radius 1 is 1.59 bits per heavy atom. The molecule has 1 saturated heterocycles. The van der Waals surface area contributed by atoms with E-state index in [0.29, 0.717) is 6.54 Å². The summed E-state index contributed by atoms with van der Waals surface area (Å²) in [6.07, 6.45) is 5.00. The van der Waals surface area contributed by atoms with Crippen molar-refractivity contribution in [3.05, 3.63) is 29.6 Å². The van der Waals surface area contributed by atoms with Crippen molar-refractivity contribution >= 4 is 5.91 Å². The maximum Gasteiger partial charge on any atom is 0.237 e. The second-order valence-electron chi connectivity index (χ2n) is 4.49. The largest absolute Gasteiger partial charge is 0.349 e. The van der Waals surface area contributed by atoms with E-state index >= 15 is 0 Å². The van der Waals surface area contributed by atoms with Gasteiger partial charge in [-0.25, -0.2) is 0 Å². The highest BCUT2D eigenvalue weighted by Gasteiger charge is 2.19. The second-order valence-corrected chi connectivity index (χ2v) is 4.49. The lowest BCUT2D eigenvalue weighted by molar-refractivity contribution is -0.123. The van der Waals surface area contributed by atoms with Crippen LogP contribution in [0, 0.1) is 6.92 Å². The van der Waals surface area contributed by atoms with Crippen LogP contribution in [0.5, 0.6) is 0 Å². The quantitative estimate of drug-likeness (QED) is 0.823. The van der Waals surface area contributed by atoms with Gasteiger partial charge in [0.15, 0.2) is 0 Å². The normalized spacial score (nSPS) is 19.9. The predicted molar refractivity (Wildman–Crippen MR) is 66.5 cm³/mol. The van der Waals surface area contributed by atoms with Gasteiger partial charge >= 0.3 is 0 Å². The topological polar surface area (TPSA) is 54.0 Å². The molecule has 1 fully saturated rings. The first-order valence-corrected chi connectivity index (χ1v) is 6.19. The number of hydrogen-bond donors (Lipinski definition) is 2. The lowest BCUT2D eigenvalue weighted by atomic mass is 10.0. The number of aromatic nitrogens is 1. The van der Waals surface area contributed by atoms with E-state index in [1.165, 1.54) is 6.42 Å². The zero-order chi connectivity index (χ0) is 12.1. The maximum absolute atomic E-state index is 11.9. The summed E-state index contributed by atoms with van der Waals surface area (Å²) in [6.45, 7) is 3.47. The fourth-order valence-electron chi connectivity index (χ4n) is 2.07. The summed E-state index contributed by atoms with van der Waals surface area (Å²) in [6, 6.07) is 3.89. The number of carbonyl (C=O) groups is 1. The summed E-state index contributed by atoms with van der Waals surface area (Å²) in [4.78, 5) is 16.1. The molecule has 0 aliphatic carbocycles. The van der Waals surface area contributed by atoms with Crippen molar-refractivity contribution in [1.29, 1.82) is 0 Å². The number of aryl methyl sites for hydroxylation is 1. The number of nitrogens with zero attached hydrogens (tertiary/aromatic N) is 1. The van der Waals surface area contributed by atoms with Gasteiger partial charge in [-0.1, -0.05) is 12.5 Å². The third-order valence-corrected chi connectivity index (χ3v) is 3.17. The number of hydrogen-bond acceptors (Lipinski definition) is 3. The SMILES string of the molecule is Cc1cccnc1CNC(=O)[C@H]1CCCCN1. The summed E-state index contributed by atoms with van der Waals surface area (Å²) >= 11 is 0. The van der Waals surface area contributed by atoms with Gasteiger partial charge in [-0.05, 0) is 37.9 Å². The maximum atomic E-state index is 11.9. The predicted octanol–water partition coefficient (Wildman–Crippen LogP) is 1.15. The molecule has 4 nitrogen and oxygen atoms in total. The molecule has 1 aromatic heterocycles. The molecule has 4 heteroatoms. The Bertz CT molecular complexity index is 386. The van der Waals surface area contributed by atoms with Gasteiger partial charge in [0.05, 0.1) is 18.3 Å². The lowest BCUT2D eigenvalue weighted by Gasteiger charge is -2.22. The number of carbonyl (C=O) groups excluding carboxylic acids is 1. The highest BCUT2D eigenvalue weighted by atomic mass is 16.2. The molecular formula is C13H19N3O. The first-order chi connectivity index (χ1) is 8.27. The van der Waals surface area contributed by atoms with E-state index in [9.17, 15) is 4.79 Å². The molecule has 0 bridgehead atoms. The van der Waals surface area contributed by atoms with Crippen molar-refractivity contribution in [3.8, 4) is 0 Å². The molecule has 0 unspecified atom stereocenters. The van der Waals surface area contributed by atoms with Gasteiger partial charge in [-0.2, -0.15) is 0 Å². The number of amides is 1. The van der Waals surface area contributed by atoms with Crippen molar-refractivity contribution in [2.75, 3.05) is 6.54 Å². The van der Waals surface area contributed by atoms with Gasteiger partial charge in [0, 0.05) is 6.20 Å². The first kappa shape index (κ1) is 12.0. The molecule has 17 heavy (non-hydrogen) atoms. The smallest absolute Gasteiger partial charge is 0.237 e. The Balaban J connectivity index is 1.85. The molecule has 0 radical (unpaired) electrons. The monoisotopic (exact) mass is 233 g/mol. The molecule has 92 valence electrons. The Labute approximate surface area is 102 Å². The van der Waals surface area contributed by atoms with Gasteiger partial charge in [-0.15, -0.1) is 0 Å². The van der Waals surface area contributed by atoms with E-state index < -0.39 is 0 Å². The fourth-order valence-corrected chi connectivity index (χ4v) is 2.07. The zero-order valence-electron chi connectivity index (χ0n) is 10.2. The Kier molecular flexibility index (Phi) is 4.09. The lowest BCUT2D eigenvalue weighted by Crippen LogP contribution is -2.46. The summed E-state index contributed by atoms with van der Waals surface area (Å²) < 4.78 is 0. The van der Waals surface area contributed by atoms with Crippen molar-refractivity contribution in [1.82, 2.24) is 15.6 Å². The van der Waals surface area contributed by atoms with Gasteiger partial charge in [0.2, 0.25) is 5.91 Å². The van der Waals surface area contributed by atoms with E-state index in [4.69, 9.17) is 0 Å². The third kappa shape index (κ3) is 3.27. The van der Waals surface area contributed by atoms with Crippen LogP contribution in [0.2, 0.25) is 0 Å². The number of nitrogens with one attached hydrogen (secondary N) is 2. The average molecular weight is 233 g/mol. The Morgan fingerprint density at radius 2 is 2.47 bits per heavy atom. The van der Waals surface area contributed by atoms with E-state index in [0.717, 1.165) is 30.6 Å². The van der Waals surface area contributed by atoms with E-state index in [-0.39, 0.29) is 11.9 Å². The fraction of sp³-hybridized carbons (Fsp3) is 0.538. The highest BCUT2D eigenvalue weighted by Crippen LogP contribution is 2.07. The Morgan fingerprint density at radius 3 is 3.18 bits per heavy atom.